The van der Waals surface area contributed by atoms with Crippen LogP contribution in [0.4, 0.5) is 0 Å². The Morgan fingerprint density at radius 2 is 2.11 bits per heavy atom. The van der Waals surface area contributed by atoms with Crippen molar-refractivity contribution in [3.8, 4) is 0 Å². The fraction of sp³-hybridized carbons (Fsp3) is 0.357. The maximum absolute atomic E-state index is 12.1. The summed E-state index contributed by atoms with van der Waals surface area (Å²) in [5.74, 6) is 0.574. The van der Waals surface area contributed by atoms with E-state index in [9.17, 15) is 4.79 Å². The van der Waals surface area contributed by atoms with E-state index in [1.807, 2.05) is 24.3 Å². The van der Waals surface area contributed by atoms with Crippen LogP contribution in [0.15, 0.2) is 34.7 Å². The van der Waals surface area contributed by atoms with Gasteiger partial charge in [-0.05, 0) is 18.1 Å². The average Bonchev–Trinajstić information content (AvgIpc) is 2.79. The van der Waals surface area contributed by atoms with Crippen LogP contribution >= 0.6 is 15.9 Å². The molecule has 0 saturated carbocycles. The van der Waals surface area contributed by atoms with Crippen molar-refractivity contribution in [2.24, 2.45) is 5.92 Å². The van der Waals surface area contributed by atoms with E-state index in [1.54, 1.807) is 6.07 Å². The number of nitrogens with one attached hydrogen (secondary N) is 1. The zero-order chi connectivity index (χ0) is 13.1. The van der Waals surface area contributed by atoms with Gasteiger partial charge in [0.2, 0.25) is 0 Å². The van der Waals surface area contributed by atoms with Gasteiger partial charge in [-0.15, -0.1) is 0 Å². The lowest BCUT2D eigenvalue weighted by Crippen LogP contribution is -2.39. The second kappa shape index (κ2) is 5.57. The molecule has 4 heteroatoms. The molecule has 1 aromatic heterocycles. The third-order valence-corrected chi connectivity index (χ3v) is 3.63. The molecule has 0 aliphatic carbocycles. The van der Waals surface area contributed by atoms with Crippen LogP contribution in [0.3, 0.4) is 0 Å². The first-order valence-corrected chi connectivity index (χ1v) is 7.09. The summed E-state index contributed by atoms with van der Waals surface area (Å²) in [5.41, 5.74) is 0.739. The molecule has 18 heavy (non-hydrogen) atoms. The van der Waals surface area contributed by atoms with Crippen molar-refractivity contribution in [1.82, 2.24) is 5.32 Å². The molecule has 2 rings (SSSR count). The molecule has 0 bridgehead atoms. The van der Waals surface area contributed by atoms with Gasteiger partial charge in [-0.2, -0.15) is 0 Å². The molecule has 0 fully saturated rings. The van der Waals surface area contributed by atoms with E-state index in [4.69, 9.17) is 4.42 Å². The van der Waals surface area contributed by atoms with E-state index in [0.29, 0.717) is 11.7 Å². The van der Waals surface area contributed by atoms with Crippen molar-refractivity contribution in [3.05, 3.63) is 36.1 Å². The summed E-state index contributed by atoms with van der Waals surface area (Å²) in [6.45, 7) is 4.15. The highest BCUT2D eigenvalue weighted by atomic mass is 79.9. The van der Waals surface area contributed by atoms with Crippen LogP contribution in [-0.4, -0.2) is 17.3 Å². The lowest BCUT2D eigenvalue weighted by molar-refractivity contribution is 0.0906. The van der Waals surface area contributed by atoms with Crippen LogP contribution in [0, 0.1) is 5.92 Å². The van der Waals surface area contributed by atoms with E-state index < -0.39 is 0 Å². The SMILES string of the molecule is CC(C)C(CBr)NC(=O)c1cc2ccccc2o1. The van der Waals surface area contributed by atoms with Crippen LogP contribution in [0.2, 0.25) is 0 Å². The second-order valence-corrected chi connectivity index (χ2v) is 5.27. The molecule has 1 atom stereocenters. The molecule has 2 aromatic rings. The van der Waals surface area contributed by atoms with Crippen molar-refractivity contribution in [3.63, 3.8) is 0 Å². The molecular weight excluding hydrogens is 294 g/mol. The molecule has 1 aromatic carbocycles. The van der Waals surface area contributed by atoms with Gasteiger partial charge in [-0.25, -0.2) is 0 Å². The number of benzene rings is 1. The van der Waals surface area contributed by atoms with Crippen molar-refractivity contribution in [1.29, 1.82) is 0 Å². The normalized spacial score (nSPS) is 12.9. The second-order valence-electron chi connectivity index (χ2n) is 4.63. The van der Waals surface area contributed by atoms with E-state index in [1.165, 1.54) is 0 Å². The summed E-state index contributed by atoms with van der Waals surface area (Å²) >= 11 is 3.41. The molecule has 1 heterocycles. The Hall–Kier alpha value is -1.29. The van der Waals surface area contributed by atoms with Gasteiger partial charge in [-0.1, -0.05) is 48.0 Å². The van der Waals surface area contributed by atoms with Gasteiger partial charge < -0.3 is 9.73 Å². The summed E-state index contributed by atoms with van der Waals surface area (Å²) in [4.78, 5) is 12.1. The van der Waals surface area contributed by atoms with Crippen LogP contribution in [0.1, 0.15) is 24.4 Å². The predicted octanol–water partition coefficient (Wildman–Crippen LogP) is 3.58. The Bertz CT molecular complexity index is 514. The Balaban J connectivity index is 2.18. The molecule has 0 aliphatic rings. The number of furan rings is 1. The van der Waals surface area contributed by atoms with Gasteiger partial charge in [0.25, 0.3) is 5.91 Å². The van der Waals surface area contributed by atoms with E-state index >= 15 is 0 Å². The van der Waals surface area contributed by atoms with Crippen LogP contribution < -0.4 is 5.32 Å². The molecule has 0 aliphatic heterocycles. The molecule has 1 unspecified atom stereocenters. The zero-order valence-electron chi connectivity index (χ0n) is 10.4. The monoisotopic (exact) mass is 309 g/mol. The Labute approximate surface area is 115 Å². The molecule has 1 amide bonds. The first kappa shape index (κ1) is 13.1. The number of hydrogen-bond acceptors (Lipinski definition) is 2. The predicted molar refractivity (Wildman–Crippen MR) is 76.1 cm³/mol. The Morgan fingerprint density at radius 3 is 2.72 bits per heavy atom. The fourth-order valence-corrected chi connectivity index (χ4v) is 2.63. The lowest BCUT2D eigenvalue weighted by atomic mass is 10.1. The van der Waals surface area contributed by atoms with E-state index in [-0.39, 0.29) is 11.9 Å². The summed E-state index contributed by atoms with van der Waals surface area (Å²) in [5, 5.41) is 4.64. The summed E-state index contributed by atoms with van der Waals surface area (Å²) in [7, 11) is 0. The first-order chi connectivity index (χ1) is 8.61. The highest BCUT2D eigenvalue weighted by molar-refractivity contribution is 9.09. The van der Waals surface area contributed by atoms with Crippen LogP contribution in [-0.2, 0) is 0 Å². The van der Waals surface area contributed by atoms with Crippen LogP contribution in [0.25, 0.3) is 11.0 Å². The largest absolute Gasteiger partial charge is 0.451 e. The minimum atomic E-state index is -0.163. The number of rotatable bonds is 4. The number of amides is 1. The smallest absolute Gasteiger partial charge is 0.287 e. The fourth-order valence-electron chi connectivity index (χ4n) is 1.72. The van der Waals surface area contributed by atoms with Gasteiger partial charge >= 0.3 is 0 Å². The molecule has 96 valence electrons. The highest BCUT2D eigenvalue weighted by Crippen LogP contribution is 2.19. The number of alkyl halides is 1. The van der Waals surface area contributed by atoms with Gasteiger partial charge in [0, 0.05) is 16.8 Å². The third-order valence-electron chi connectivity index (χ3n) is 2.94. The third kappa shape index (κ3) is 2.75. The minimum Gasteiger partial charge on any atom is -0.451 e. The number of carbonyl (C=O) groups excluding carboxylic acids is 1. The van der Waals surface area contributed by atoms with Crippen molar-refractivity contribution in [2.45, 2.75) is 19.9 Å². The van der Waals surface area contributed by atoms with Crippen LogP contribution in [0.5, 0.6) is 0 Å². The van der Waals surface area contributed by atoms with Gasteiger partial charge in [0.1, 0.15) is 5.58 Å². The van der Waals surface area contributed by atoms with Gasteiger partial charge in [0.05, 0.1) is 0 Å². The number of halogens is 1. The first-order valence-electron chi connectivity index (χ1n) is 5.97. The summed E-state index contributed by atoms with van der Waals surface area (Å²) < 4.78 is 5.53. The molecule has 0 radical (unpaired) electrons. The van der Waals surface area contributed by atoms with E-state index in [0.717, 1.165) is 16.3 Å². The average molecular weight is 310 g/mol. The Kier molecular flexibility index (Phi) is 4.07. The van der Waals surface area contributed by atoms with Gasteiger partial charge in [0.15, 0.2) is 5.76 Å². The topological polar surface area (TPSA) is 42.2 Å². The van der Waals surface area contributed by atoms with E-state index in [2.05, 4.69) is 35.1 Å². The van der Waals surface area contributed by atoms with Gasteiger partial charge in [-0.3, -0.25) is 4.79 Å². The molecule has 3 nitrogen and oxygen atoms in total. The molecular formula is C14H16BrNO2. The molecule has 0 saturated heterocycles. The standard InChI is InChI=1S/C14H16BrNO2/c1-9(2)11(8-15)16-14(17)13-7-10-5-3-4-6-12(10)18-13/h3-7,9,11H,8H2,1-2H3,(H,16,17). The lowest BCUT2D eigenvalue weighted by Gasteiger charge is -2.18. The maximum Gasteiger partial charge on any atom is 0.287 e. The number of fused-ring (bicyclic) bond motifs is 1. The Morgan fingerprint density at radius 1 is 1.39 bits per heavy atom. The number of carbonyl (C=O) groups is 1. The maximum atomic E-state index is 12.1. The van der Waals surface area contributed by atoms with Crippen molar-refractivity contribution >= 4 is 32.8 Å². The quantitative estimate of drug-likeness (QED) is 0.877. The summed E-state index contributed by atoms with van der Waals surface area (Å²) in [6, 6.07) is 9.48. The zero-order valence-corrected chi connectivity index (χ0v) is 12.0. The number of hydrogen-bond donors (Lipinski definition) is 1. The molecule has 0 spiro atoms. The molecule has 1 N–H and O–H groups in total. The van der Waals surface area contributed by atoms with Crippen molar-refractivity contribution in [2.75, 3.05) is 5.33 Å². The highest BCUT2D eigenvalue weighted by Gasteiger charge is 2.18. The minimum absolute atomic E-state index is 0.103. The summed E-state index contributed by atoms with van der Waals surface area (Å²) in [6.07, 6.45) is 0. The number of para-hydroxylation sites is 1. The van der Waals surface area contributed by atoms with Crippen molar-refractivity contribution < 1.29 is 9.21 Å².